The summed E-state index contributed by atoms with van der Waals surface area (Å²) in [7, 11) is 0. The Balaban J connectivity index is 1.49. The Morgan fingerprint density at radius 1 is 0.415 bits per heavy atom. The van der Waals surface area contributed by atoms with Gasteiger partial charge in [0, 0.05) is 10.0 Å². The largest absolute Gasteiger partial charge is 0.0843 e. The van der Waals surface area contributed by atoms with Crippen LogP contribution in [0.2, 0.25) is 10.0 Å². The van der Waals surface area contributed by atoms with Crippen LogP contribution < -0.4 is 0 Å². The maximum atomic E-state index is 6.20. The number of hydrogen-bond donors (Lipinski definition) is 0. The van der Waals surface area contributed by atoms with Crippen LogP contribution in [0.25, 0.3) is 33.4 Å². The van der Waals surface area contributed by atoms with Gasteiger partial charge in [-0.05, 0) is 105 Å². The van der Waals surface area contributed by atoms with Gasteiger partial charge in [0.2, 0.25) is 0 Å². The molecule has 6 aromatic rings. The van der Waals surface area contributed by atoms with Gasteiger partial charge in [-0.25, -0.2) is 0 Å². The van der Waals surface area contributed by atoms with Crippen LogP contribution in [0.5, 0.6) is 0 Å². The van der Waals surface area contributed by atoms with E-state index in [1.54, 1.807) is 0 Å². The van der Waals surface area contributed by atoms with Gasteiger partial charge in [0.05, 0.1) is 5.41 Å². The molecule has 1 aliphatic rings. The van der Waals surface area contributed by atoms with Gasteiger partial charge < -0.3 is 0 Å². The van der Waals surface area contributed by atoms with Crippen molar-refractivity contribution in [2.24, 2.45) is 0 Å². The molecule has 0 radical (unpaired) electrons. The Bertz CT molecular complexity index is 1770. The normalized spacial score (nSPS) is 13.1. The highest BCUT2D eigenvalue weighted by molar-refractivity contribution is 6.30. The molecule has 0 aromatic heterocycles. The summed E-state index contributed by atoms with van der Waals surface area (Å²) in [6.07, 6.45) is 0. The minimum Gasteiger partial charge on any atom is -0.0843 e. The van der Waals surface area contributed by atoms with E-state index >= 15 is 0 Å². The smallest absolute Gasteiger partial charge is 0.0713 e. The zero-order valence-electron chi connectivity index (χ0n) is 23.0. The van der Waals surface area contributed by atoms with Crippen LogP contribution in [0.3, 0.4) is 0 Å². The van der Waals surface area contributed by atoms with Crippen molar-refractivity contribution in [3.05, 3.63) is 177 Å². The van der Waals surface area contributed by atoms with Gasteiger partial charge in [-0.3, -0.25) is 0 Å². The van der Waals surface area contributed by atoms with Gasteiger partial charge in [-0.1, -0.05) is 132 Å². The van der Waals surface area contributed by atoms with Crippen LogP contribution in [0.15, 0.2) is 133 Å². The van der Waals surface area contributed by atoms with Crippen LogP contribution in [-0.4, -0.2) is 0 Å². The van der Waals surface area contributed by atoms with Gasteiger partial charge in [-0.15, -0.1) is 0 Å². The van der Waals surface area contributed by atoms with Crippen LogP contribution in [0.1, 0.15) is 33.4 Å². The highest BCUT2D eigenvalue weighted by Gasteiger charge is 2.46. The molecule has 6 aromatic carbocycles. The third-order valence-corrected chi connectivity index (χ3v) is 9.09. The molecule has 0 aliphatic heterocycles. The minimum atomic E-state index is -0.445. The van der Waals surface area contributed by atoms with Crippen molar-refractivity contribution < 1.29 is 0 Å². The van der Waals surface area contributed by atoms with Gasteiger partial charge in [0.15, 0.2) is 0 Å². The van der Waals surface area contributed by atoms with E-state index in [-0.39, 0.29) is 0 Å². The SMILES string of the molecule is Cc1cc(C2(c3ccc(-c4ccc(Cl)cc4)c(C)c3)c3ccccc3-c3ccccc32)ccc1-c1ccc(Cl)cc1. The highest BCUT2D eigenvalue weighted by Crippen LogP contribution is 2.56. The van der Waals surface area contributed by atoms with Crippen molar-refractivity contribution >= 4 is 23.2 Å². The second-order valence-electron chi connectivity index (χ2n) is 10.9. The molecule has 198 valence electrons. The molecule has 0 saturated carbocycles. The molecule has 41 heavy (non-hydrogen) atoms. The summed E-state index contributed by atoms with van der Waals surface area (Å²) in [5.41, 5.74) is 14.6. The lowest BCUT2D eigenvalue weighted by atomic mass is 9.66. The number of fused-ring (bicyclic) bond motifs is 3. The summed E-state index contributed by atoms with van der Waals surface area (Å²) >= 11 is 12.4. The molecule has 1 aliphatic carbocycles. The molecular formula is C39H28Cl2. The van der Waals surface area contributed by atoms with Crippen molar-refractivity contribution in [1.29, 1.82) is 0 Å². The Morgan fingerprint density at radius 2 is 0.805 bits per heavy atom. The Kier molecular flexibility index (Phi) is 6.35. The lowest BCUT2D eigenvalue weighted by molar-refractivity contribution is 0.766. The summed E-state index contributed by atoms with van der Waals surface area (Å²) in [5.74, 6) is 0. The molecule has 0 heterocycles. The second kappa shape index (κ2) is 10.1. The van der Waals surface area contributed by atoms with Gasteiger partial charge >= 0.3 is 0 Å². The van der Waals surface area contributed by atoms with Crippen molar-refractivity contribution in [2.75, 3.05) is 0 Å². The fraction of sp³-hybridized carbons (Fsp3) is 0.0769. The van der Waals surface area contributed by atoms with Gasteiger partial charge in [-0.2, -0.15) is 0 Å². The number of hydrogen-bond acceptors (Lipinski definition) is 0. The zero-order valence-corrected chi connectivity index (χ0v) is 24.5. The third kappa shape index (κ3) is 4.13. The molecule has 0 unspecified atom stereocenters. The molecule has 2 heteroatoms. The average molecular weight is 568 g/mol. The van der Waals surface area contributed by atoms with E-state index in [2.05, 4.69) is 123 Å². The van der Waals surface area contributed by atoms with Gasteiger partial charge in [0.1, 0.15) is 0 Å². The fourth-order valence-electron chi connectivity index (χ4n) is 6.72. The Hall–Kier alpha value is -4.10. The van der Waals surface area contributed by atoms with E-state index < -0.39 is 5.41 Å². The molecule has 0 N–H and O–H groups in total. The molecule has 0 saturated heterocycles. The summed E-state index contributed by atoms with van der Waals surface area (Å²) in [6, 6.07) is 47.9. The summed E-state index contributed by atoms with van der Waals surface area (Å²) in [4.78, 5) is 0. The number of rotatable bonds is 4. The van der Waals surface area contributed by atoms with E-state index in [9.17, 15) is 0 Å². The molecular weight excluding hydrogens is 539 g/mol. The van der Waals surface area contributed by atoms with E-state index in [1.807, 2.05) is 24.3 Å². The molecule has 7 rings (SSSR count). The summed E-state index contributed by atoms with van der Waals surface area (Å²) in [5, 5.41) is 1.50. The third-order valence-electron chi connectivity index (χ3n) is 8.58. The Morgan fingerprint density at radius 3 is 1.20 bits per heavy atom. The lowest BCUT2D eigenvalue weighted by Gasteiger charge is -2.35. The number of benzene rings is 6. The number of aryl methyl sites for hydroxylation is 2. The minimum absolute atomic E-state index is 0.445. The quantitative estimate of drug-likeness (QED) is 0.198. The monoisotopic (exact) mass is 566 g/mol. The fourth-order valence-corrected chi connectivity index (χ4v) is 6.98. The van der Waals surface area contributed by atoms with E-state index in [0.29, 0.717) is 0 Å². The van der Waals surface area contributed by atoms with Crippen molar-refractivity contribution in [3.8, 4) is 33.4 Å². The first-order valence-electron chi connectivity index (χ1n) is 13.9. The average Bonchev–Trinajstić information content (AvgIpc) is 3.29. The van der Waals surface area contributed by atoms with Crippen LogP contribution >= 0.6 is 23.2 Å². The first kappa shape index (κ1) is 25.8. The standard InChI is InChI=1S/C39H28Cl2/c1-25-23-29(15-21-33(25)27-11-17-31(40)18-12-27)39(37-9-5-3-7-35(37)36-8-4-6-10-38(36)39)30-16-22-34(26(2)24-30)28-13-19-32(41)20-14-28/h3-24H,1-2H3. The topological polar surface area (TPSA) is 0 Å². The highest BCUT2D eigenvalue weighted by atomic mass is 35.5. The van der Waals surface area contributed by atoms with Crippen LogP contribution in [0.4, 0.5) is 0 Å². The predicted molar refractivity (Wildman–Crippen MR) is 174 cm³/mol. The first-order chi connectivity index (χ1) is 20.0. The zero-order chi connectivity index (χ0) is 28.1. The second-order valence-corrected chi connectivity index (χ2v) is 11.8. The van der Waals surface area contributed by atoms with Crippen LogP contribution in [-0.2, 0) is 5.41 Å². The molecule has 0 nitrogen and oxygen atoms in total. The maximum Gasteiger partial charge on any atom is 0.0713 e. The summed E-state index contributed by atoms with van der Waals surface area (Å²) in [6.45, 7) is 4.42. The summed E-state index contributed by atoms with van der Waals surface area (Å²) < 4.78 is 0. The van der Waals surface area contributed by atoms with E-state index in [1.165, 1.54) is 66.8 Å². The predicted octanol–water partition coefficient (Wildman–Crippen LogP) is 11.3. The number of halogens is 2. The lowest BCUT2D eigenvalue weighted by Crippen LogP contribution is -2.29. The maximum absolute atomic E-state index is 6.20. The molecule has 0 atom stereocenters. The van der Waals surface area contributed by atoms with Crippen LogP contribution in [0, 0.1) is 13.8 Å². The van der Waals surface area contributed by atoms with Crippen molar-refractivity contribution in [3.63, 3.8) is 0 Å². The molecule has 0 amide bonds. The van der Waals surface area contributed by atoms with Crippen molar-refractivity contribution in [2.45, 2.75) is 19.3 Å². The first-order valence-corrected chi connectivity index (χ1v) is 14.7. The van der Waals surface area contributed by atoms with Crippen molar-refractivity contribution in [1.82, 2.24) is 0 Å². The Labute approximate surface area is 251 Å². The molecule has 0 spiro atoms. The molecule has 0 fully saturated rings. The van der Waals surface area contributed by atoms with E-state index in [4.69, 9.17) is 23.2 Å². The van der Waals surface area contributed by atoms with E-state index in [0.717, 1.165) is 10.0 Å². The molecule has 0 bridgehead atoms. The van der Waals surface area contributed by atoms with Gasteiger partial charge in [0.25, 0.3) is 0 Å².